The molecule has 0 bridgehead atoms. The zero-order chi connectivity index (χ0) is 17.8. The van der Waals surface area contributed by atoms with Gasteiger partial charge in [0.1, 0.15) is 0 Å². The van der Waals surface area contributed by atoms with Gasteiger partial charge in [-0.25, -0.2) is 0 Å². The average Bonchev–Trinajstić information content (AvgIpc) is 3.03. The smallest absolute Gasteiger partial charge is 0.0343 e. The van der Waals surface area contributed by atoms with Gasteiger partial charge in [-0.3, -0.25) is 0 Å². The van der Waals surface area contributed by atoms with Crippen molar-refractivity contribution in [3.05, 3.63) is 29.3 Å². The molecule has 2 fully saturated rings. The van der Waals surface area contributed by atoms with Crippen molar-refractivity contribution >= 4 is 5.69 Å². The van der Waals surface area contributed by atoms with Gasteiger partial charge in [0.15, 0.2) is 0 Å². The van der Waals surface area contributed by atoms with Crippen LogP contribution in [0.1, 0.15) is 82.3 Å². The maximum Gasteiger partial charge on any atom is 0.0343 e. The summed E-state index contributed by atoms with van der Waals surface area (Å²) < 4.78 is 0. The van der Waals surface area contributed by atoms with Crippen LogP contribution in [-0.2, 0) is 12.8 Å². The van der Waals surface area contributed by atoms with E-state index in [9.17, 15) is 0 Å². The number of nitrogens with zero attached hydrogens (tertiary/aromatic N) is 1. The number of piperidine rings is 1. The summed E-state index contributed by atoms with van der Waals surface area (Å²) in [5.74, 6) is 0. The van der Waals surface area contributed by atoms with Gasteiger partial charge in [-0.05, 0) is 99.6 Å². The molecule has 1 N–H and O–H groups in total. The molecule has 1 saturated carbocycles. The second kappa shape index (κ2) is 8.33. The van der Waals surface area contributed by atoms with Gasteiger partial charge in [0.05, 0.1) is 0 Å². The molecule has 0 atom stereocenters. The van der Waals surface area contributed by atoms with Crippen molar-refractivity contribution in [3.63, 3.8) is 0 Å². The van der Waals surface area contributed by atoms with Gasteiger partial charge in [0, 0.05) is 18.3 Å². The topological polar surface area (TPSA) is 15.3 Å². The number of anilines is 1. The highest BCUT2D eigenvalue weighted by Crippen LogP contribution is 2.48. The summed E-state index contributed by atoms with van der Waals surface area (Å²) in [6.45, 7) is 6.13. The minimum Gasteiger partial charge on any atom is -0.385 e. The number of hydrogen-bond acceptors (Lipinski definition) is 2. The Balaban J connectivity index is 1.32. The van der Waals surface area contributed by atoms with E-state index >= 15 is 0 Å². The maximum absolute atomic E-state index is 3.64. The third-order valence-electron chi connectivity index (χ3n) is 7.37. The van der Waals surface area contributed by atoms with Crippen molar-refractivity contribution in [3.8, 4) is 0 Å². The summed E-state index contributed by atoms with van der Waals surface area (Å²) in [6, 6.07) is 8.10. The lowest BCUT2D eigenvalue weighted by atomic mass is 9.70. The molecule has 3 aliphatic rings. The SMILES string of the molecule is CCCCCNc1ccc2c(c1)CC1(CCC(N3CCCCC3)CC1)C2. The first kappa shape index (κ1) is 18.3. The fraction of sp³-hybridized carbons (Fsp3) is 0.750. The number of unbranched alkanes of at least 4 members (excludes halogenated alkanes) is 2. The second-order valence-electron chi connectivity index (χ2n) is 9.30. The van der Waals surface area contributed by atoms with Crippen LogP contribution in [-0.4, -0.2) is 30.6 Å². The molecule has 1 spiro atoms. The Morgan fingerprint density at radius 1 is 1.00 bits per heavy atom. The van der Waals surface area contributed by atoms with Gasteiger partial charge in [-0.1, -0.05) is 32.3 Å². The van der Waals surface area contributed by atoms with E-state index in [4.69, 9.17) is 0 Å². The highest BCUT2D eigenvalue weighted by atomic mass is 15.2. The molecule has 2 aliphatic carbocycles. The predicted molar refractivity (Wildman–Crippen MR) is 112 cm³/mol. The third kappa shape index (κ3) is 4.11. The zero-order valence-electron chi connectivity index (χ0n) is 16.9. The number of rotatable bonds is 6. The third-order valence-corrected chi connectivity index (χ3v) is 7.37. The van der Waals surface area contributed by atoms with Crippen LogP contribution in [0.15, 0.2) is 18.2 Å². The van der Waals surface area contributed by atoms with Crippen LogP contribution in [0.4, 0.5) is 5.69 Å². The molecule has 0 aromatic heterocycles. The van der Waals surface area contributed by atoms with Crippen LogP contribution in [0.2, 0.25) is 0 Å². The molecule has 26 heavy (non-hydrogen) atoms. The minimum atomic E-state index is 0.593. The molecule has 2 heteroatoms. The van der Waals surface area contributed by atoms with E-state index in [0.717, 1.165) is 12.6 Å². The fourth-order valence-corrected chi connectivity index (χ4v) is 5.77. The molecule has 0 radical (unpaired) electrons. The summed E-state index contributed by atoms with van der Waals surface area (Å²) in [7, 11) is 0. The summed E-state index contributed by atoms with van der Waals surface area (Å²) in [6.07, 6.45) is 16.7. The average molecular weight is 355 g/mol. The van der Waals surface area contributed by atoms with Crippen LogP contribution in [0, 0.1) is 5.41 Å². The van der Waals surface area contributed by atoms with Gasteiger partial charge < -0.3 is 10.2 Å². The molecule has 0 unspecified atom stereocenters. The van der Waals surface area contributed by atoms with Crippen LogP contribution in [0.5, 0.6) is 0 Å². The van der Waals surface area contributed by atoms with Crippen molar-refractivity contribution in [2.75, 3.05) is 25.0 Å². The summed E-state index contributed by atoms with van der Waals surface area (Å²) in [4.78, 5) is 2.82. The van der Waals surface area contributed by atoms with E-state index in [-0.39, 0.29) is 0 Å². The van der Waals surface area contributed by atoms with Crippen LogP contribution < -0.4 is 5.32 Å². The molecule has 1 saturated heterocycles. The van der Waals surface area contributed by atoms with Crippen LogP contribution in [0.25, 0.3) is 0 Å². The monoisotopic (exact) mass is 354 g/mol. The maximum atomic E-state index is 3.64. The highest BCUT2D eigenvalue weighted by Gasteiger charge is 2.41. The number of likely N-dealkylation sites (tertiary alicyclic amines) is 1. The molecule has 1 aromatic carbocycles. The fourth-order valence-electron chi connectivity index (χ4n) is 5.77. The van der Waals surface area contributed by atoms with Crippen molar-refractivity contribution in [1.29, 1.82) is 0 Å². The van der Waals surface area contributed by atoms with Crippen LogP contribution >= 0.6 is 0 Å². The van der Waals surface area contributed by atoms with E-state index in [1.165, 1.54) is 95.8 Å². The molecule has 1 aromatic rings. The zero-order valence-corrected chi connectivity index (χ0v) is 16.9. The highest BCUT2D eigenvalue weighted by molar-refractivity contribution is 5.51. The molecular formula is C24H38N2. The van der Waals surface area contributed by atoms with E-state index < -0.39 is 0 Å². The van der Waals surface area contributed by atoms with Crippen molar-refractivity contribution < 1.29 is 0 Å². The predicted octanol–water partition coefficient (Wildman–Crippen LogP) is 5.80. The van der Waals surface area contributed by atoms with E-state index in [2.05, 4.69) is 35.3 Å². The van der Waals surface area contributed by atoms with E-state index in [1.54, 1.807) is 11.1 Å². The molecule has 4 rings (SSSR count). The quantitative estimate of drug-likeness (QED) is 0.649. The Labute approximate surface area is 160 Å². The number of nitrogens with one attached hydrogen (secondary N) is 1. The number of fused-ring (bicyclic) bond motifs is 1. The molecule has 144 valence electrons. The van der Waals surface area contributed by atoms with E-state index in [0.29, 0.717) is 5.41 Å². The van der Waals surface area contributed by atoms with Crippen molar-refractivity contribution in [2.45, 2.75) is 90.0 Å². The van der Waals surface area contributed by atoms with Gasteiger partial charge in [0.2, 0.25) is 0 Å². The van der Waals surface area contributed by atoms with E-state index in [1.807, 2.05) is 0 Å². The normalized spacial score (nSPS) is 29.0. The first-order valence-electron chi connectivity index (χ1n) is 11.4. The van der Waals surface area contributed by atoms with Gasteiger partial charge in [-0.15, -0.1) is 0 Å². The standard InChI is InChI=1S/C24H38N2/c1-2-3-5-14-25-22-9-8-20-18-24(19-21(20)17-22)12-10-23(11-13-24)26-15-6-4-7-16-26/h8-9,17,23,25H,2-7,10-16,18-19H2,1H3. The van der Waals surface area contributed by atoms with Crippen molar-refractivity contribution in [1.82, 2.24) is 4.90 Å². The summed E-state index contributed by atoms with van der Waals surface area (Å²) >= 11 is 0. The van der Waals surface area contributed by atoms with Crippen LogP contribution in [0.3, 0.4) is 0 Å². The Kier molecular flexibility index (Phi) is 5.88. The molecule has 2 nitrogen and oxygen atoms in total. The lowest BCUT2D eigenvalue weighted by molar-refractivity contribution is 0.0795. The Hall–Kier alpha value is -1.02. The Bertz CT molecular complexity index is 580. The first-order valence-corrected chi connectivity index (χ1v) is 11.4. The lowest BCUT2D eigenvalue weighted by Crippen LogP contribution is -2.43. The van der Waals surface area contributed by atoms with Gasteiger partial charge in [0.25, 0.3) is 0 Å². The summed E-state index contributed by atoms with van der Waals surface area (Å²) in [5.41, 5.74) is 5.22. The Morgan fingerprint density at radius 2 is 1.77 bits per heavy atom. The van der Waals surface area contributed by atoms with Crippen molar-refractivity contribution in [2.24, 2.45) is 5.41 Å². The van der Waals surface area contributed by atoms with Gasteiger partial charge >= 0.3 is 0 Å². The molecule has 1 heterocycles. The lowest BCUT2D eigenvalue weighted by Gasteiger charge is -2.43. The Morgan fingerprint density at radius 3 is 2.54 bits per heavy atom. The minimum absolute atomic E-state index is 0.593. The molecular weight excluding hydrogens is 316 g/mol. The first-order chi connectivity index (χ1) is 12.8. The number of hydrogen-bond donors (Lipinski definition) is 1. The second-order valence-corrected chi connectivity index (χ2v) is 9.30. The number of benzene rings is 1. The molecule has 0 amide bonds. The van der Waals surface area contributed by atoms with Gasteiger partial charge in [-0.2, -0.15) is 0 Å². The molecule has 1 aliphatic heterocycles. The summed E-state index contributed by atoms with van der Waals surface area (Å²) in [5, 5.41) is 3.64. The largest absolute Gasteiger partial charge is 0.385 e.